The molecule has 3 nitrogen and oxygen atoms in total. The first-order valence-corrected chi connectivity index (χ1v) is 8.04. The molecule has 2 N–H and O–H groups in total. The van der Waals surface area contributed by atoms with Gasteiger partial charge in [-0.1, -0.05) is 26.0 Å². The fourth-order valence-electron chi connectivity index (χ4n) is 4.34. The third-order valence-electron chi connectivity index (χ3n) is 5.84. The molecule has 3 rings (SSSR count). The molecule has 2 fully saturated rings. The number of fused-ring (bicyclic) bond motifs is 1. The van der Waals surface area contributed by atoms with Gasteiger partial charge in [0.05, 0.1) is 6.10 Å². The maximum absolute atomic E-state index is 6.89. The van der Waals surface area contributed by atoms with Gasteiger partial charge in [0, 0.05) is 42.8 Å². The lowest BCUT2D eigenvalue weighted by atomic mass is 9.46. The minimum Gasteiger partial charge on any atom is -0.377 e. The molecule has 21 heavy (non-hydrogen) atoms. The zero-order chi connectivity index (χ0) is 15.3. The highest BCUT2D eigenvalue weighted by atomic mass is 16.5. The first kappa shape index (κ1) is 14.9. The van der Waals surface area contributed by atoms with E-state index < -0.39 is 0 Å². The predicted molar refractivity (Wildman–Crippen MR) is 87.6 cm³/mol. The maximum Gasteiger partial charge on any atom is 0.0690 e. The molecule has 2 aliphatic rings. The number of likely N-dealkylation sites (N-methyl/N-ethyl adjacent to an activating group) is 1. The molecule has 0 spiro atoms. The summed E-state index contributed by atoms with van der Waals surface area (Å²) in [5.41, 5.74) is 9.29. The highest BCUT2D eigenvalue weighted by Gasteiger charge is 2.66. The van der Waals surface area contributed by atoms with Crippen molar-refractivity contribution in [1.82, 2.24) is 0 Å². The quantitative estimate of drug-likeness (QED) is 0.929. The van der Waals surface area contributed by atoms with Gasteiger partial charge in [0.1, 0.15) is 0 Å². The molecule has 0 bridgehead atoms. The van der Waals surface area contributed by atoms with Crippen LogP contribution in [-0.2, 0) is 4.74 Å². The average molecular weight is 288 g/mol. The van der Waals surface area contributed by atoms with Gasteiger partial charge in [0.25, 0.3) is 0 Å². The molecule has 3 unspecified atom stereocenters. The van der Waals surface area contributed by atoms with Crippen molar-refractivity contribution in [2.24, 2.45) is 17.1 Å². The normalized spacial score (nSPS) is 34.0. The second-order valence-electron chi connectivity index (χ2n) is 7.50. The highest BCUT2D eigenvalue weighted by molar-refractivity contribution is 5.48. The Morgan fingerprint density at radius 1 is 1.38 bits per heavy atom. The Morgan fingerprint density at radius 3 is 2.86 bits per heavy atom. The van der Waals surface area contributed by atoms with Gasteiger partial charge in [-0.25, -0.2) is 0 Å². The van der Waals surface area contributed by atoms with Crippen LogP contribution in [0.2, 0.25) is 0 Å². The van der Waals surface area contributed by atoms with E-state index in [1.54, 1.807) is 0 Å². The molecule has 3 heteroatoms. The average Bonchev–Trinajstić information content (AvgIpc) is 2.47. The van der Waals surface area contributed by atoms with Gasteiger partial charge < -0.3 is 15.4 Å². The minimum absolute atomic E-state index is 0.0379. The van der Waals surface area contributed by atoms with Crippen LogP contribution >= 0.6 is 0 Å². The SMILES string of the molecule is Cc1cccc(N(C)CC2(N)C3CCCOC3C2(C)C)c1. The Kier molecular flexibility index (Phi) is 3.53. The van der Waals surface area contributed by atoms with Crippen LogP contribution in [0.3, 0.4) is 0 Å². The Labute approximate surface area is 128 Å². The minimum atomic E-state index is -0.170. The monoisotopic (exact) mass is 288 g/mol. The Bertz CT molecular complexity index is 528. The Morgan fingerprint density at radius 2 is 2.14 bits per heavy atom. The summed E-state index contributed by atoms with van der Waals surface area (Å²) in [5, 5.41) is 0. The van der Waals surface area contributed by atoms with E-state index in [4.69, 9.17) is 10.5 Å². The number of aryl methyl sites for hydroxylation is 1. The van der Waals surface area contributed by atoms with Gasteiger partial charge in [0.2, 0.25) is 0 Å². The lowest BCUT2D eigenvalue weighted by Gasteiger charge is -2.67. The molecule has 1 aliphatic carbocycles. The van der Waals surface area contributed by atoms with E-state index >= 15 is 0 Å². The van der Waals surface area contributed by atoms with Crippen LogP contribution in [0, 0.1) is 18.3 Å². The van der Waals surface area contributed by atoms with E-state index in [9.17, 15) is 0 Å². The molecule has 1 aliphatic heterocycles. The summed E-state index contributed by atoms with van der Waals surface area (Å²) >= 11 is 0. The van der Waals surface area contributed by atoms with Gasteiger partial charge in [-0.2, -0.15) is 0 Å². The summed E-state index contributed by atoms with van der Waals surface area (Å²) in [5.74, 6) is 0.494. The molecule has 1 heterocycles. The van der Waals surface area contributed by atoms with Crippen LogP contribution in [0.25, 0.3) is 0 Å². The predicted octanol–water partition coefficient (Wildman–Crippen LogP) is 2.96. The van der Waals surface area contributed by atoms with Gasteiger partial charge in [-0.3, -0.25) is 0 Å². The second kappa shape index (κ2) is 4.99. The number of hydrogen-bond donors (Lipinski definition) is 1. The fourth-order valence-corrected chi connectivity index (χ4v) is 4.34. The molecule has 1 saturated heterocycles. The van der Waals surface area contributed by atoms with Crippen molar-refractivity contribution in [3.63, 3.8) is 0 Å². The lowest BCUT2D eigenvalue weighted by molar-refractivity contribution is -0.224. The second-order valence-corrected chi connectivity index (χ2v) is 7.50. The summed E-state index contributed by atoms with van der Waals surface area (Å²) in [7, 11) is 2.15. The van der Waals surface area contributed by atoms with E-state index in [1.807, 2.05) is 0 Å². The van der Waals surface area contributed by atoms with Crippen molar-refractivity contribution >= 4 is 5.69 Å². The Balaban J connectivity index is 1.79. The molecule has 1 aromatic carbocycles. The summed E-state index contributed by atoms with van der Waals surface area (Å²) < 4.78 is 6.00. The topological polar surface area (TPSA) is 38.5 Å². The molecule has 0 radical (unpaired) electrons. The Hall–Kier alpha value is -1.06. The molecule has 0 aromatic heterocycles. The van der Waals surface area contributed by atoms with Crippen LogP contribution in [0.5, 0.6) is 0 Å². The fraction of sp³-hybridized carbons (Fsp3) is 0.667. The third kappa shape index (κ3) is 2.18. The summed E-state index contributed by atoms with van der Waals surface area (Å²) in [6.07, 6.45) is 2.68. The van der Waals surface area contributed by atoms with Gasteiger partial charge in [-0.15, -0.1) is 0 Å². The van der Waals surface area contributed by atoms with Crippen molar-refractivity contribution in [3.8, 4) is 0 Å². The number of ether oxygens (including phenoxy) is 1. The van der Waals surface area contributed by atoms with Gasteiger partial charge in [0.15, 0.2) is 0 Å². The van der Waals surface area contributed by atoms with Crippen LogP contribution < -0.4 is 10.6 Å². The number of nitrogens with two attached hydrogens (primary N) is 1. The van der Waals surface area contributed by atoms with Crippen LogP contribution in [0.1, 0.15) is 32.3 Å². The van der Waals surface area contributed by atoms with Gasteiger partial charge >= 0.3 is 0 Å². The molecule has 1 aromatic rings. The van der Waals surface area contributed by atoms with Gasteiger partial charge in [-0.05, 0) is 37.5 Å². The first-order chi connectivity index (χ1) is 9.86. The number of anilines is 1. The smallest absolute Gasteiger partial charge is 0.0690 e. The first-order valence-electron chi connectivity index (χ1n) is 8.04. The molecular formula is C18H28N2O. The zero-order valence-electron chi connectivity index (χ0n) is 13.7. The molecule has 3 atom stereocenters. The van der Waals surface area contributed by atoms with Crippen molar-refractivity contribution in [2.45, 2.75) is 45.3 Å². The number of hydrogen-bond acceptors (Lipinski definition) is 3. The molecule has 0 amide bonds. The zero-order valence-corrected chi connectivity index (χ0v) is 13.7. The van der Waals surface area contributed by atoms with E-state index in [2.05, 4.69) is 57.0 Å². The maximum atomic E-state index is 6.89. The summed E-state index contributed by atoms with van der Waals surface area (Å²) in [6, 6.07) is 8.64. The van der Waals surface area contributed by atoms with E-state index in [0.717, 1.165) is 19.6 Å². The van der Waals surface area contributed by atoms with Crippen molar-refractivity contribution in [3.05, 3.63) is 29.8 Å². The van der Waals surface area contributed by atoms with Crippen molar-refractivity contribution in [1.29, 1.82) is 0 Å². The lowest BCUT2D eigenvalue weighted by Crippen LogP contribution is -2.80. The summed E-state index contributed by atoms with van der Waals surface area (Å²) in [4.78, 5) is 2.31. The van der Waals surface area contributed by atoms with Crippen LogP contribution in [0.15, 0.2) is 24.3 Å². The standard InChI is InChI=1S/C18H28N2O/c1-13-7-5-8-14(11-13)20(4)12-18(19)15-9-6-10-21-16(15)17(18,2)3/h5,7-8,11,15-16H,6,9-10,12,19H2,1-4H3. The van der Waals surface area contributed by atoms with E-state index in [0.29, 0.717) is 12.0 Å². The molecule has 116 valence electrons. The highest BCUT2D eigenvalue weighted by Crippen LogP contribution is 2.57. The number of rotatable bonds is 3. The number of benzene rings is 1. The summed E-state index contributed by atoms with van der Waals surface area (Å²) in [6.45, 7) is 8.45. The van der Waals surface area contributed by atoms with Crippen LogP contribution in [0.4, 0.5) is 5.69 Å². The number of nitrogens with zero attached hydrogens (tertiary/aromatic N) is 1. The molecule has 1 saturated carbocycles. The third-order valence-corrected chi connectivity index (χ3v) is 5.84. The van der Waals surface area contributed by atoms with Crippen molar-refractivity contribution in [2.75, 3.05) is 25.1 Å². The van der Waals surface area contributed by atoms with Crippen LogP contribution in [-0.4, -0.2) is 31.8 Å². The largest absolute Gasteiger partial charge is 0.377 e. The molecular weight excluding hydrogens is 260 g/mol. The van der Waals surface area contributed by atoms with E-state index in [1.165, 1.54) is 17.7 Å². The van der Waals surface area contributed by atoms with E-state index in [-0.39, 0.29) is 11.0 Å². The van der Waals surface area contributed by atoms with Crippen molar-refractivity contribution < 1.29 is 4.74 Å².